The van der Waals surface area contributed by atoms with Crippen LogP contribution in [0.5, 0.6) is 0 Å². The Morgan fingerprint density at radius 3 is 2.57 bits per heavy atom. The molecule has 2 heteroatoms. The van der Waals surface area contributed by atoms with Gasteiger partial charge in [0.1, 0.15) is 0 Å². The predicted molar refractivity (Wildman–Crippen MR) is 55.0 cm³/mol. The largest absolute Gasteiger partial charge is 0.481 e. The number of carbonyl (C=O) groups is 1. The molecule has 0 aromatic rings. The van der Waals surface area contributed by atoms with Crippen LogP contribution in [0.1, 0.15) is 46.5 Å². The number of rotatable bonds is 2. The topological polar surface area (TPSA) is 37.3 Å². The van der Waals surface area contributed by atoms with Crippen LogP contribution < -0.4 is 0 Å². The average Bonchev–Trinajstić information content (AvgIpc) is 2.51. The summed E-state index contributed by atoms with van der Waals surface area (Å²) in [4.78, 5) is 10.9. The Hall–Kier alpha value is -0.530. The van der Waals surface area contributed by atoms with Gasteiger partial charge < -0.3 is 5.11 Å². The second-order valence-corrected chi connectivity index (χ2v) is 5.84. The third-order valence-corrected chi connectivity index (χ3v) is 5.39. The zero-order chi connectivity index (χ0) is 10.6. The van der Waals surface area contributed by atoms with Crippen LogP contribution >= 0.6 is 0 Å². The van der Waals surface area contributed by atoms with Gasteiger partial charge in [0.05, 0.1) is 6.42 Å². The van der Waals surface area contributed by atoms with Crippen molar-refractivity contribution >= 4 is 5.97 Å². The molecular formula is C12H20O2. The van der Waals surface area contributed by atoms with Crippen molar-refractivity contribution < 1.29 is 9.90 Å². The van der Waals surface area contributed by atoms with Gasteiger partial charge in [-0.25, -0.2) is 0 Å². The third kappa shape index (κ3) is 1.06. The zero-order valence-corrected chi connectivity index (χ0v) is 9.34. The molecule has 1 N–H and O–H groups in total. The minimum Gasteiger partial charge on any atom is -0.481 e. The van der Waals surface area contributed by atoms with E-state index in [1.807, 2.05) is 0 Å². The summed E-state index contributed by atoms with van der Waals surface area (Å²) in [5, 5.41) is 9.00. The molecule has 0 spiro atoms. The summed E-state index contributed by atoms with van der Waals surface area (Å²) in [7, 11) is 0. The normalized spacial score (nSPS) is 51.1. The fourth-order valence-corrected chi connectivity index (χ4v) is 3.99. The van der Waals surface area contributed by atoms with Gasteiger partial charge in [-0.15, -0.1) is 0 Å². The fourth-order valence-electron chi connectivity index (χ4n) is 3.99. The quantitative estimate of drug-likeness (QED) is 0.737. The molecule has 2 nitrogen and oxygen atoms in total. The van der Waals surface area contributed by atoms with Crippen molar-refractivity contribution in [1.82, 2.24) is 0 Å². The molecule has 2 saturated carbocycles. The number of aliphatic carboxylic acids is 1. The van der Waals surface area contributed by atoms with E-state index in [0.717, 1.165) is 5.92 Å². The van der Waals surface area contributed by atoms with Gasteiger partial charge in [-0.1, -0.05) is 20.8 Å². The second-order valence-electron chi connectivity index (χ2n) is 5.84. The summed E-state index contributed by atoms with van der Waals surface area (Å²) in [6.07, 6.45) is 4.14. The Kier molecular flexibility index (Phi) is 1.96. The molecular weight excluding hydrogens is 176 g/mol. The molecule has 0 saturated heterocycles. The Morgan fingerprint density at radius 1 is 1.50 bits per heavy atom. The molecule has 4 unspecified atom stereocenters. The molecule has 2 aliphatic carbocycles. The van der Waals surface area contributed by atoms with Crippen molar-refractivity contribution in [2.24, 2.45) is 22.7 Å². The van der Waals surface area contributed by atoms with E-state index in [1.165, 1.54) is 19.3 Å². The van der Waals surface area contributed by atoms with Gasteiger partial charge in [0.2, 0.25) is 0 Å². The fraction of sp³-hybridized carbons (Fsp3) is 0.917. The molecule has 2 bridgehead atoms. The van der Waals surface area contributed by atoms with E-state index in [-0.39, 0.29) is 10.8 Å². The Balaban J connectivity index is 2.29. The highest BCUT2D eigenvalue weighted by Gasteiger charge is 2.60. The summed E-state index contributed by atoms with van der Waals surface area (Å²) in [6.45, 7) is 6.72. The highest BCUT2D eigenvalue weighted by molar-refractivity contribution is 5.68. The monoisotopic (exact) mass is 196 g/mol. The molecule has 2 fully saturated rings. The van der Waals surface area contributed by atoms with Crippen LogP contribution in [0.3, 0.4) is 0 Å². The summed E-state index contributed by atoms with van der Waals surface area (Å²) in [6, 6.07) is 0. The van der Waals surface area contributed by atoms with Crippen molar-refractivity contribution in [1.29, 1.82) is 0 Å². The first-order valence-corrected chi connectivity index (χ1v) is 5.61. The van der Waals surface area contributed by atoms with Crippen LogP contribution in [0.25, 0.3) is 0 Å². The molecule has 0 aromatic heterocycles. The third-order valence-electron chi connectivity index (χ3n) is 5.39. The maximum atomic E-state index is 10.9. The van der Waals surface area contributed by atoms with Gasteiger partial charge in [-0.3, -0.25) is 4.79 Å². The van der Waals surface area contributed by atoms with Gasteiger partial charge in [0.25, 0.3) is 0 Å². The van der Waals surface area contributed by atoms with E-state index >= 15 is 0 Å². The number of hydrogen-bond acceptors (Lipinski definition) is 1. The SMILES string of the molecule is CC1C2CCC(C)(C2)C1(C)CC(=O)O. The maximum absolute atomic E-state index is 10.9. The van der Waals surface area contributed by atoms with E-state index < -0.39 is 5.97 Å². The van der Waals surface area contributed by atoms with Crippen molar-refractivity contribution in [3.8, 4) is 0 Å². The van der Waals surface area contributed by atoms with Gasteiger partial charge in [-0.2, -0.15) is 0 Å². The van der Waals surface area contributed by atoms with Crippen molar-refractivity contribution in [3.63, 3.8) is 0 Å². The maximum Gasteiger partial charge on any atom is 0.303 e. The summed E-state index contributed by atoms with van der Waals surface area (Å²) < 4.78 is 0. The molecule has 4 atom stereocenters. The smallest absolute Gasteiger partial charge is 0.303 e. The standard InChI is InChI=1S/C12H20O2/c1-8-9-4-5-11(2,6-9)12(8,3)7-10(13)14/h8-9H,4-7H2,1-3H3,(H,13,14). The number of carboxylic acid groups (broad SMARTS) is 1. The molecule has 0 aromatic carbocycles. The van der Waals surface area contributed by atoms with E-state index in [0.29, 0.717) is 12.3 Å². The summed E-state index contributed by atoms with van der Waals surface area (Å²) in [5.74, 6) is 0.731. The molecule has 2 rings (SSSR count). The molecule has 80 valence electrons. The number of hydrogen-bond donors (Lipinski definition) is 1. The molecule has 0 amide bonds. The summed E-state index contributed by atoms with van der Waals surface area (Å²) in [5.41, 5.74) is 0.317. The molecule has 14 heavy (non-hydrogen) atoms. The first kappa shape index (κ1) is 10.0. The van der Waals surface area contributed by atoms with Gasteiger partial charge in [0, 0.05) is 0 Å². The minimum absolute atomic E-state index is 0.0295. The Morgan fingerprint density at radius 2 is 2.14 bits per heavy atom. The lowest BCUT2D eigenvalue weighted by atomic mass is 9.59. The minimum atomic E-state index is -0.631. The Bertz CT molecular complexity index is 273. The molecule has 0 heterocycles. The average molecular weight is 196 g/mol. The number of fused-ring (bicyclic) bond motifs is 2. The predicted octanol–water partition coefficient (Wildman–Crippen LogP) is 2.92. The van der Waals surface area contributed by atoms with Crippen LogP contribution in [0.2, 0.25) is 0 Å². The van der Waals surface area contributed by atoms with Gasteiger partial charge >= 0.3 is 5.97 Å². The first-order valence-electron chi connectivity index (χ1n) is 5.61. The lowest BCUT2D eigenvalue weighted by molar-refractivity contribution is -0.143. The first-order chi connectivity index (χ1) is 6.39. The van der Waals surface area contributed by atoms with Crippen LogP contribution in [0.15, 0.2) is 0 Å². The zero-order valence-electron chi connectivity index (χ0n) is 9.34. The molecule has 0 radical (unpaired) electrons. The Labute approximate surface area is 85.7 Å². The van der Waals surface area contributed by atoms with E-state index in [1.54, 1.807) is 0 Å². The van der Waals surface area contributed by atoms with Gasteiger partial charge in [0.15, 0.2) is 0 Å². The lowest BCUT2D eigenvalue weighted by Crippen LogP contribution is -2.40. The van der Waals surface area contributed by atoms with E-state index in [9.17, 15) is 4.79 Å². The van der Waals surface area contributed by atoms with Crippen LogP contribution in [-0.4, -0.2) is 11.1 Å². The molecule has 2 aliphatic rings. The van der Waals surface area contributed by atoms with E-state index in [4.69, 9.17) is 5.11 Å². The highest BCUT2D eigenvalue weighted by atomic mass is 16.4. The van der Waals surface area contributed by atoms with Crippen molar-refractivity contribution in [2.45, 2.75) is 46.5 Å². The second kappa shape index (κ2) is 2.74. The van der Waals surface area contributed by atoms with E-state index in [2.05, 4.69) is 20.8 Å². The lowest BCUT2D eigenvalue weighted by Gasteiger charge is -2.45. The van der Waals surface area contributed by atoms with Gasteiger partial charge in [-0.05, 0) is 41.9 Å². The highest BCUT2D eigenvalue weighted by Crippen LogP contribution is 2.68. The number of carboxylic acids is 1. The molecule has 0 aliphatic heterocycles. The van der Waals surface area contributed by atoms with Crippen LogP contribution in [0, 0.1) is 22.7 Å². The van der Waals surface area contributed by atoms with Crippen LogP contribution in [0.4, 0.5) is 0 Å². The summed E-state index contributed by atoms with van der Waals surface area (Å²) >= 11 is 0. The van der Waals surface area contributed by atoms with Crippen molar-refractivity contribution in [2.75, 3.05) is 0 Å². The van der Waals surface area contributed by atoms with Crippen LogP contribution in [-0.2, 0) is 4.79 Å². The van der Waals surface area contributed by atoms with Crippen molar-refractivity contribution in [3.05, 3.63) is 0 Å².